The first-order valence-electron chi connectivity index (χ1n) is 8.16. The van der Waals surface area contributed by atoms with Crippen LogP contribution in [-0.4, -0.2) is 31.3 Å². The Hall–Kier alpha value is -1.55. The Bertz CT molecular complexity index is 495. The molecule has 1 aliphatic rings. The van der Waals surface area contributed by atoms with Crippen LogP contribution in [0, 0.1) is 5.92 Å². The lowest BCUT2D eigenvalue weighted by molar-refractivity contribution is -0.126. The van der Waals surface area contributed by atoms with Gasteiger partial charge in [0.1, 0.15) is 5.75 Å². The van der Waals surface area contributed by atoms with Gasteiger partial charge in [-0.2, -0.15) is 0 Å². The summed E-state index contributed by atoms with van der Waals surface area (Å²) >= 11 is 0. The lowest BCUT2D eigenvalue weighted by Crippen LogP contribution is -2.44. The van der Waals surface area contributed by atoms with Gasteiger partial charge in [-0.3, -0.25) is 4.79 Å². The van der Waals surface area contributed by atoms with Crippen LogP contribution in [0.1, 0.15) is 44.6 Å². The van der Waals surface area contributed by atoms with Crippen LogP contribution >= 0.6 is 0 Å². The van der Waals surface area contributed by atoms with E-state index in [9.17, 15) is 4.79 Å². The summed E-state index contributed by atoms with van der Waals surface area (Å²) in [7, 11) is 1.65. The smallest absolute Gasteiger partial charge is 0.230 e. The lowest BCUT2D eigenvalue weighted by Gasteiger charge is -2.29. The van der Waals surface area contributed by atoms with Crippen molar-refractivity contribution in [3.8, 4) is 5.75 Å². The summed E-state index contributed by atoms with van der Waals surface area (Å²) < 4.78 is 5.31. The van der Waals surface area contributed by atoms with Gasteiger partial charge in [0.15, 0.2) is 0 Å². The van der Waals surface area contributed by atoms with Gasteiger partial charge >= 0.3 is 0 Å². The number of rotatable bonds is 7. The van der Waals surface area contributed by atoms with Crippen molar-refractivity contribution in [2.45, 2.75) is 44.4 Å². The Balaban J connectivity index is 2.15. The second kappa shape index (κ2) is 7.63. The summed E-state index contributed by atoms with van der Waals surface area (Å²) in [5.41, 5.74) is 0.629. The molecule has 0 spiro atoms. The maximum absolute atomic E-state index is 12.9. The summed E-state index contributed by atoms with van der Waals surface area (Å²) in [6.45, 7) is 2.83. The van der Waals surface area contributed by atoms with E-state index in [0.29, 0.717) is 13.0 Å². The maximum Gasteiger partial charge on any atom is 0.230 e. The van der Waals surface area contributed by atoms with E-state index in [2.05, 4.69) is 5.32 Å². The molecule has 1 aromatic carbocycles. The van der Waals surface area contributed by atoms with Gasteiger partial charge in [-0.15, -0.1) is 0 Å². The third-order valence-electron chi connectivity index (χ3n) is 4.75. The summed E-state index contributed by atoms with van der Waals surface area (Å²) in [4.78, 5) is 12.9. The predicted octanol–water partition coefficient (Wildman–Crippen LogP) is 2.64. The van der Waals surface area contributed by atoms with Crippen LogP contribution < -0.4 is 10.1 Å². The minimum absolute atomic E-state index is 0.114. The number of amides is 1. The van der Waals surface area contributed by atoms with Gasteiger partial charge in [0.25, 0.3) is 0 Å². The molecular weight excluding hydrogens is 278 g/mol. The molecule has 0 saturated heterocycles. The summed E-state index contributed by atoms with van der Waals surface area (Å²) in [5.74, 6) is 1.20. The molecule has 22 heavy (non-hydrogen) atoms. The molecular formula is C18H27NO3. The Kier molecular flexibility index (Phi) is 5.83. The molecule has 0 radical (unpaired) electrons. The van der Waals surface area contributed by atoms with Crippen molar-refractivity contribution >= 4 is 5.91 Å². The number of nitrogens with one attached hydrogen (secondary N) is 1. The number of aliphatic hydroxyl groups is 1. The number of carbonyl (C=O) groups is 1. The second-order valence-electron chi connectivity index (χ2n) is 6.35. The maximum atomic E-state index is 12.9. The standard InChI is InChI=1S/C18H27NO3/c1-14(8-11-20)13-19-17(21)18(9-3-4-10-18)15-6-5-7-16(12-15)22-2/h5-7,12,14,20H,3-4,8-11,13H2,1-2H3,(H,19,21). The molecule has 1 unspecified atom stereocenters. The topological polar surface area (TPSA) is 58.6 Å². The SMILES string of the molecule is COc1cccc(C2(C(=O)NCC(C)CCO)CCCC2)c1. The van der Waals surface area contributed by atoms with Crippen LogP contribution in [0.2, 0.25) is 0 Å². The molecule has 0 aromatic heterocycles. The fraction of sp³-hybridized carbons (Fsp3) is 0.611. The van der Waals surface area contributed by atoms with Crippen molar-refractivity contribution < 1.29 is 14.6 Å². The van der Waals surface area contributed by atoms with Crippen LogP contribution in [0.5, 0.6) is 5.75 Å². The number of hydrogen-bond donors (Lipinski definition) is 2. The van der Waals surface area contributed by atoms with Crippen molar-refractivity contribution in [2.24, 2.45) is 5.92 Å². The van der Waals surface area contributed by atoms with Gasteiger partial charge in [-0.25, -0.2) is 0 Å². The average molecular weight is 305 g/mol. The van der Waals surface area contributed by atoms with E-state index in [1.54, 1.807) is 7.11 Å². The fourth-order valence-corrected chi connectivity index (χ4v) is 3.30. The first-order chi connectivity index (χ1) is 10.6. The predicted molar refractivity (Wildman–Crippen MR) is 87.0 cm³/mol. The highest BCUT2D eigenvalue weighted by molar-refractivity contribution is 5.88. The van der Waals surface area contributed by atoms with Crippen molar-refractivity contribution in [1.29, 1.82) is 0 Å². The molecule has 2 N–H and O–H groups in total. The zero-order valence-corrected chi connectivity index (χ0v) is 13.6. The summed E-state index contributed by atoms with van der Waals surface area (Å²) in [6.07, 6.45) is 4.65. The Morgan fingerprint density at radius 1 is 1.41 bits per heavy atom. The monoisotopic (exact) mass is 305 g/mol. The number of benzene rings is 1. The number of methoxy groups -OCH3 is 1. The molecule has 1 aromatic rings. The van der Waals surface area contributed by atoms with Crippen LogP contribution in [0.25, 0.3) is 0 Å². The Morgan fingerprint density at radius 3 is 2.77 bits per heavy atom. The molecule has 1 saturated carbocycles. The second-order valence-corrected chi connectivity index (χ2v) is 6.35. The third kappa shape index (κ3) is 3.61. The van der Waals surface area contributed by atoms with E-state index in [0.717, 1.165) is 37.0 Å². The average Bonchev–Trinajstić information content (AvgIpc) is 3.04. The molecule has 0 aliphatic heterocycles. The zero-order chi connectivity index (χ0) is 16.0. The van der Waals surface area contributed by atoms with Crippen LogP contribution in [0.3, 0.4) is 0 Å². The van der Waals surface area contributed by atoms with E-state index in [1.807, 2.05) is 31.2 Å². The van der Waals surface area contributed by atoms with Gasteiger partial charge < -0.3 is 15.2 Å². The van der Waals surface area contributed by atoms with Crippen LogP contribution in [-0.2, 0) is 10.2 Å². The number of aliphatic hydroxyl groups excluding tert-OH is 1. The summed E-state index contributed by atoms with van der Waals surface area (Å²) in [5, 5.41) is 12.1. The molecule has 0 heterocycles. The minimum Gasteiger partial charge on any atom is -0.497 e. The fourth-order valence-electron chi connectivity index (χ4n) is 3.30. The molecule has 122 valence electrons. The molecule has 4 heteroatoms. The molecule has 2 rings (SSSR count). The summed E-state index contributed by atoms with van der Waals surface area (Å²) in [6, 6.07) is 7.88. The quantitative estimate of drug-likeness (QED) is 0.814. The van der Waals surface area contributed by atoms with Gasteiger partial charge in [0.2, 0.25) is 5.91 Å². The first kappa shape index (κ1) is 16.8. The van der Waals surface area contributed by atoms with Gasteiger partial charge in [0, 0.05) is 13.2 Å². The third-order valence-corrected chi connectivity index (χ3v) is 4.75. The molecule has 1 fully saturated rings. The van der Waals surface area contributed by atoms with Crippen molar-refractivity contribution in [1.82, 2.24) is 5.32 Å². The van der Waals surface area contributed by atoms with Crippen molar-refractivity contribution in [3.63, 3.8) is 0 Å². The van der Waals surface area contributed by atoms with Gasteiger partial charge in [-0.1, -0.05) is 31.9 Å². The zero-order valence-electron chi connectivity index (χ0n) is 13.6. The number of ether oxygens (including phenoxy) is 1. The number of hydrogen-bond acceptors (Lipinski definition) is 3. The van der Waals surface area contributed by atoms with E-state index in [4.69, 9.17) is 9.84 Å². The first-order valence-corrected chi connectivity index (χ1v) is 8.16. The highest BCUT2D eigenvalue weighted by Gasteiger charge is 2.42. The highest BCUT2D eigenvalue weighted by atomic mass is 16.5. The highest BCUT2D eigenvalue weighted by Crippen LogP contribution is 2.42. The molecule has 1 amide bonds. The molecule has 0 bridgehead atoms. The number of carbonyl (C=O) groups excluding carboxylic acids is 1. The molecule has 1 aliphatic carbocycles. The van der Waals surface area contributed by atoms with Gasteiger partial charge in [-0.05, 0) is 42.9 Å². The van der Waals surface area contributed by atoms with E-state index >= 15 is 0 Å². The van der Waals surface area contributed by atoms with Gasteiger partial charge in [0.05, 0.1) is 12.5 Å². The van der Waals surface area contributed by atoms with Crippen LogP contribution in [0.4, 0.5) is 0 Å². The van der Waals surface area contributed by atoms with Crippen molar-refractivity contribution in [3.05, 3.63) is 29.8 Å². The minimum atomic E-state index is -0.423. The lowest BCUT2D eigenvalue weighted by atomic mass is 9.77. The Labute approximate surface area is 132 Å². The van der Waals surface area contributed by atoms with Crippen molar-refractivity contribution in [2.75, 3.05) is 20.3 Å². The molecule has 1 atom stereocenters. The van der Waals surface area contributed by atoms with Crippen LogP contribution in [0.15, 0.2) is 24.3 Å². The normalized spacial score (nSPS) is 18.0. The Morgan fingerprint density at radius 2 is 2.14 bits per heavy atom. The van der Waals surface area contributed by atoms with E-state index in [1.165, 1.54) is 0 Å². The molecule has 4 nitrogen and oxygen atoms in total. The van der Waals surface area contributed by atoms with E-state index in [-0.39, 0.29) is 18.4 Å². The largest absolute Gasteiger partial charge is 0.497 e. The van der Waals surface area contributed by atoms with E-state index < -0.39 is 5.41 Å².